The summed E-state index contributed by atoms with van der Waals surface area (Å²) >= 11 is 0. The molecule has 0 aliphatic carbocycles. The van der Waals surface area contributed by atoms with E-state index in [1.807, 2.05) is 11.8 Å². The van der Waals surface area contributed by atoms with Crippen LogP contribution in [0.2, 0.25) is 0 Å². The number of piperazine rings is 1. The molecule has 1 aliphatic rings. The second kappa shape index (κ2) is 8.72. The summed E-state index contributed by atoms with van der Waals surface area (Å²) in [5, 5.41) is 3.91. The van der Waals surface area contributed by atoms with E-state index in [0.717, 1.165) is 5.56 Å². The molecule has 10 nitrogen and oxygen atoms in total. The number of aromatic nitrogens is 4. The molecule has 152 valence electrons. The van der Waals surface area contributed by atoms with Gasteiger partial charge < -0.3 is 23.5 Å². The minimum absolute atomic E-state index is 0.0664. The lowest BCUT2D eigenvalue weighted by atomic mass is 10.2. The molecule has 0 spiro atoms. The lowest BCUT2D eigenvalue weighted by Crippen LogP contribution is -2.49. The van der Waals surface area contributed by atoms with Gasteiger partial charge in [0, 0.05) is 51.3 Å². The average Bonchev–Trinajstić information content (AvgIpc) is 3.44. The summed E-state index contributed by atoms with van der Waals surface area (Å²) in [6.07, 6.45) is 5.51. The molecule has 1 amide bonds. The molecule has 29 heavy (non-hydrogen) atoms. The maximum atomic E-state index is 12.5. The first kappa shape index (κ1) is 18.9. The topological polar surface area (TPSA) is 111 Å². The molecular formula is C19H22N6O4. The first-order valence-electron chi connectivity index (χ1n) is 9.56. The number of hydrogen-bond donors (Lipinski definition) is 0. The zero-order valence-electron chi connectivity index (χ0n) is 16.2. The SMILES string of the molecule is CCOc1ccnc(N2CCN(C(=O)CCc3nc(-c4ccoc4)no3)CC2)n1. The molecule has 3 aromatic heterocycles. The fraction of sp³-hybridized carbons (Fsp3) is 0.421. The maximum Gasteiger partial charge on any atom is 0.228 e. The van der Waals surface area contributed by atoms with Gasteiger partial charge in [-0.05, 0) is 13.0 Å². The predicted octanol–water partition coefficient (Wildman–Crippen LogP) is 1.80. The Hall–Kier alpha value is -3.43. The van der Waals surface area contributed by atoms with Gasteiger partial charge in [-0.2, -0.15) is 9.97 Å². The zero-order valence-corrected chi connectivity index (χ0v) is 16.2. The largest absolute Gasteiger partial charge is 0.478 e. The van der Waals surface area contributed by atoms with E-state index in [1.54, 1.807) is 30.9 Å². The van der Waals surface area contributed by atoms with Crippen molar-refractivity contribution in [2.24, 2.45) is 0 Å². The van der Waals surface area contributed by atoms with Gasteiger partial charge in [0.25, 0.3) is 0 Å². The van der Waals surface area contributed by atoms with Crippen LogP contribution in [0.5, 0.6) is 5.88 Å². The first-order chi connectivity index (χ1) is 14.2. The van der Waals surface area contributed by atoms with Crippen LogP contribution in [0.4, 0.5) is 5.95 Å². The van der Waals surface area contributed by atoms with Crippen molar-refractivity contribution in [1.29, 1.82) is 0 Å². The van der Waals surface area contributed by atoms with Crippen LogP contribution in [-0.2, 0) is 11.2 Å². The average molecular weight is 398 g/mol. The van der Waals surface area contributed by atoms with Crippen LogP contribution in [0.3, 0.4) is 0 Å². The second-order valence-electron chi connectivity index (χ2n) is 6.52. The fourth-order valence-corrected chi connectivity index (χ4v) is 3.11. The van der Waals surface area contributed by atoms with Crippen molar-refractivity contribution in [1.82, 2.24) is 25.0 Å². The van der Waals surface area contributed by atoms with Gasteiger partial charge in [0.15, 0.2) is 0 Å². The Morgan fingerprint density at radius 2 is 2.07 bits per heavy atom. The number of nitrogens with zero attached hydrogens (tertiary/aromatic N) is 6. The molecule has 0 radical (unpaired) electrons. The number of carbonyl (C=O) groups is 1. The van der Waals surface area contributed by atoms with Crippen molar-refractivity contribution >= 4 is 11.9 Å². The van der Waals surface area contributed by atoms with Crippen LogP contribution >= 0.6 is 0 Å². The molecule has 3 aromatic rings. The van der Waals surface area contributed by atoms with E-state index in [0.29, 0.717) is 69.2 Å². The highest BCUT2D eigenvalue weighted by atomic mass is 16.5. The zero-order chi connectivity index (χ0) is 20.1. The van der Waals surface area contributed by atoms with Crippen LogP contribution in [0.25, 0.3) is 11.4 Å². The maximum absolute atomic E-state index is 12.5. The van der Waals surface area contributed by atoms with Crippen molar-refractivity contribution in [2.45, 2.75) is 19.8 Å². The molecule has 1 saturated heterocycles. The van der Waals surface area contributed by atoms with Crippen molar-refractivity contribution in [3.8, 4) is 17.3 Å². The lowest BCUT2D eigenvalue weighted by Gasteiger charge is -2.34. The second-order valence-corrected chi connectivity index (χ2v) is 6.52. The fourth-order valence-electron chi connectivity index (χ4n) is 3.11. The Balaban J connectivity index is 1.26. The number of amides is 1. The highest BCUT2D eigenvalue weighted by Gasteiger charge is 2.23. The number of ether oxygens (including phenoxy) is 1. The minimum atomic E-state index is 0.0664. The van der Waals surface area contributed by atoms with E-state index in [9.17, 15) is 4.79 Å². The van der Waals surface area contributed by atoms with E-state index in [4.69, 9.17) is 13.7 Å². The van der Waals surface area contributed by atoms with Crippen LogP contribution < -0.4 is 9.64 Å². The Morgan fingerprint density at radius 3 is 2.83 bits per heavy atom. The molecule has 1 aliphatic heterocycles. The van der Waals surface area contributed by atoms with Gasteiger partial charge in [-0.15, -0.1) is 0 Å². The van der Waals surface area contributed by atoms with E-state index in [1.165, 1.54) is 0 Å². The number of furan rings is 1. The lowest BCUT2D eigenvalue weighted by molar-refractivity contribution is -0.131. The summed E-state index contributed by atoms with van der Waals surface area (Å²) in [4.78, 5) is 29.5. The van der Waals surface area contributed by atoms with Gasteiger partial charge in [0.1, 0.15) is 6.26 Å². The number of aryl methyl sites for hydroxylation is 1. The van der Waals surface area contributed by atoms with Gasteiger partial charge >= 0.3 is 0 Å². The summed E-state index contributed by atoms with van der Waals surface area (Å²) < 4.78 is 15.7. The van der Waals surface area contributed by atoms with Gasteiger partial charge in [-0.1, -0.05) is 5.16 Å². The molecule has 4 rings (SSSR count). The molecule has 0 saturated carbocycles. The van der Waals surface area contributed by atoms with E-state index in [2.05, 4.69) is 25.0 Å². The van der Waals surface area contributed by atoms with Crippen LogP contribution in [0, 0.1) is 0 Å². The normalized spacial score (nSPS) is 14.2. The first-order valence-corrected chi connectivity index (χ1v) is 9.56. The van der Waals surface area contributed by atoms with Crippen LogP contribution in [0.1, 0.15) is 19.2 Å². The van der Waals surface area contributed by atoms with Crippen molar-refractivity contribution in [2.75, 3.05) is 37.7 Å². The summed E-state index contributed by atoms with van der Waals surface area (Å²) in [5.74, 6) is 2.15. The van der Waals surface area contributed by atoms with Crippen LogP contribution in [-0.4, -0.2) is 63.7 Å². The Kier molecular flexibility index (Phi) is 5.68. The van der Waals surface area contributed by atoms with Gasteiger partial charge in [0.2, 0.25) is 29.5 Å². The standard InChI is InChI=1S/C19H22N6O4/c1-2-28-15-5-7-20-19(22-15)25-10-8-24(9-11-25)17(26)4-3-16-21-18(23-29-16)14-6-12-27-13-14/h5-7,12-13H,2-4,8-11H2,1H3. The highest BCUT2D eigenvalue weighted by Crippen LogP contribution is 2.18. The summed E-state index contributed by atoms with van der Waals surface area (Å²) in [6, 6.07) is 3.50. The number of hydrogen-bond acceptors (Lipinski definition) is 9. The number of carbonyl (C=O) groups excluding carboxylic acids is 1. The molecule has 1 fully saturated rings. The van der Waals surface area contributed by atoms with Crippen LogP contribution in [0.15, 0.2) is 39.8 Å². The molecule has 0 N–H and O–H groups in total. The van der Waals surface area contributed by atoms with Gasteiger partial charge in [-0.25, -0.2) is 4.98 Å². The summed E-state index contributed by atoms with van der Waals surface area (Å²) in [7, 11) is 0. The highest BCUT2D eigenvalue weighted by molar-refractivity contribution is 5.76. The Morgan fingerprint density at radius 1 is 1.21 bits per heavy atom. The van der Waals surface area contributed by atoms with Crippen molar-refractivity contribution in [3.05, 3.63) is 36.7 Å². The van der Waals surface area contributed by atoms with E-state index >= 15 is 0 Å². The molecule has 0 aromatic carbocycles. The number of anilines is 1. The summed E-state index contributed by atoms with van der Waals surface area (Å²) in [6.45, 7) is 5.05. The monoisotopic (exact) mass is 398 g/mol. The Labute approximate surface area is 167 Å². The molecule has 0 atom stereocenters. The van der Waals surface area contributed by atoms with E-state index < -0.39 is 0 Å². The third kappa shape index (κ3) is 4.53. The molecular weight excluding hydrogens is 376 g/mol. The smallest absolute Gasteiger partial charge is 0.228 e. The number of rotatable bonds is 7. The minimum Gasteiger partial charge on any atom is -0.478 e. The molecule has 0 unspecified atom stereocenters. The van der Waals surface area contributed by atoms with E-state index in [-0.39, 0.29) is 5.91 Å². The third-order valence-electron chi connectivity index (χ3n) is 4.62. The van der Waals surface area contributed by atoms with Crippen molar-refractivity contribution in [3.63, 3.8) is 0 Å². The molecule has 4 heterocycles. The quantitative estimate of drug-likeness (QED) is 0.588. The third-order valence-corrected chi connectivity index (χ3v) is 4.62. The van der Waals surface area contributed by atoms with Gasteiger partial charge in [0.05, 0.1) is 18.4 Å². The van der Waals surface area contributed by atoms with Gasteiger partial charge in [-0.3, -0.25) is 4.79 Å². The Bertz CT molecular complexity index is 934. The predicted molar refractivity (Wildman–Crippen MR) is 102 cm³/mol. The summed E-state index contributed by atoms with van der Waals surface area (Å²) in [5.41, 5.74) is 0.748. The molecule has 0 bridgehead atoms. The molecule has 10 heteroatoms. The van der Waals surface area contributed by atoms with Crippen molar-refractivity contribution < 1.29 is 18.5 Å².